The standard InChI is InChI=1S/C24H23NO2/c1-3-11-21(17-16-19-12-7-5-8-13-19)24(18-4-2)23(26)27-22(25-24)20-14-9-6-10-15-20/h3-10,12-17,21H,1-2,11,18H2/b17-16+/t21-,24+/m0/s1. The average molecular weight is 357 g/mol. The van der Waals surface area contributed by atoms with Crippen LogP contribution >= 0.6 is 0 Å². The first-order chi connectivity index (χ1) is 13.2. The maximum Gasteiger partial charge on any atom is 0.341 e. The number of nitrogens with zero attached hydrogens (tertiary/aromatic N) is 1. The highest BCUT2D eigenvalue weighted by Gasteiger charge is 2.49. The monoisotopic (exact) mass is 357 g/mol. The molecule has 0 bridgehead atoms. The van der Waals surface area contributed by atoms with E-state index in [9.17, 15) is 4.79 Å². The molecule has 1 heterocycles. The van der Waals surface area contributed by atoms with Crippen molar-refractivity contribution in [2.75, 3.05) is 0 Å². The molecule has 2 aromatic carbocycles. The van der Waals surface area contributed by atoms with Crippen LogP contribution in [0.5, 0.6) is 0 Å². The molecule has 2 atom stereocenters. The zero-order chi connectivity index (χ0) is 19.1. The van der Waals surface area contributed by atoms with Crippen LogP contribution in [-0.2, 0) is 9.53 Å². The van der Waals surface area contributed by atoms with Gasteiger partial charge in [-0.1, -0.05) is 72.8 Å². The second-order valence-electron chi connectivity index (χ2n) is 6.49. The summed E-state index contributed by atoms with van der Waals surface area (Å²) in [7, 11) is 0. The number of aliphatic imine (C=N–C) groups is 1. The van der Waals surface area contributed by atoms with Gasteiger partial charge in [0.2, 0.25) is 5.90 Å². The molecule has 1 aliphatic heterocycles. The summed E-state index contributed by atoms with van der Waals surface area (Å²) in [5.41, 5.74) is 0.840. The molecule has 0 N–H and O–H groups in total. The van der Waals surface area contributed by atoms with Gasteiger partial charge in [-0.15, -0.1) is 13.2 Å². The van der Waals surface area contributed by atoms with E-state index in [1.165, 1.54) is 0 Å². The molecule has 0 saturated heterocycles. The Kier molecular flexibility index (Phi) is 5.82. The van der Waals surface area contributed by atoms with Crippen molar-refractivity contribution in [3.63, 3.8) is 0 Å². The molecule has 0 spiro atoms. The van der Waals surface area contributed by atoms with E-state index in [1.807, 2.05) is 78.9 Å². The summed E-state index contributed by atoms with van der Waals surface area (Å²) in [5, 5.41) is 0. The van der Waals surface area contributed by atoms with Gasteiger partial charge in [-0.2, -0.15) is 0 Å². The van der Waals surface area contributed by atoms with Crippen molar-refractivity contribution in [1.29, 1.82) is 0 Å². The van der Waals surface area contributed by atoms with Crippen LogP contribution in [0.3, 0.4) is 0 Å². The zero-order valence-corrected chi connectivity index (χ0v) is 15.3. The first kappa shape index (κ1) is 18.6. The SMILES string of the molecule is C=CC[C@@H](/C=C/c1ccccc1)[C@@]1(CC=C)N=C(c2ccccc2)OC1=O. The van der Waals surface area contributed by atoms with E-state index in [0.717, 1.165) is 11.1 Å². The van der Waals surface area contributed by atoms with Crippen molar-refractivity contribution in [3.05, 3.63) is 103 Å². The van der Waals surface area contributed by atoms with Crippen LogP contribution < -0.4 is 0 Å². The third-order valence-electron chi connectivity index (χ3n) is 4.67. The normalized spacial score (nSPS) is 20.1. The van der Waals surface area contributed by atoms with E-state index in [0.29, 0.717) is 18.7 Å². The summed E-state index contributed by atoms with van der Waals surface area (Å²) in [6.45, 7) is 7.70. The van der Waals surface area contributed by atoms with Crippen LogP contribution in [0.4, 0.5) is 0 Å². The Morgan fingerprint density at radius 3 is 2.30 bits per heavy atom. The Morgan fingerprint density at radius 2 is 1.67 bits per heavy atom. The molecule has 0 amide bonds. The molecule has 0 aliphatic carbocycles. The summed E-state index contributed by atoms with van der Waals surface area (Å²) in [6, 6.07) is 19.5. The fraction of sp³-hybridized carbons (Fsp3) is 0.167. The van der Waals surface area contributed by atoms with Gasteiger partial charge in [0.15, 0.2) is 5.54 Å². The van der Waals surface area contributed by atoms with Crippen LogP contribution in [0, 0.1) is 5.92 Å². The second kappa shape index (κ2) is 8.45. The lowest BCUT2D eigenvalue weighted by atomic mass is 9.79. The van der Waals surface area contributed by atoms with Gasteiger partial charge in [-0.3, -0.25) is 0 Å². The van der Waals surface area contributed by atoms with Crippen LogP contribution in [0.15, 0.2) is 97.0 Å². The minimum Gasteiger partial charge on any atom is -0.405 e. The molecular formula is C24H23NO2. The van der Waals surface area contributed by atoms with Crippen molar-refractivity contribution in [2.24, 2.45) is 10.9 Å². The smallest absolute Gasteiger partial charge is 0.341 e. The van der Waals surface area contributed by atoms with Crippen molar-refractivity contribution >= 4 is 17.9 Å². The van der Waals surface area contributed by atoms with E-state index in [1.54, 1.807) is 6.08 Å². The summed E-state index contributed by atoms with van der Waals surface area (Å²) in [5.74, 6) is -0.155. The van der Waals surface area contributed by atoms with Gasteiger partial charge < -0.3 is 4.74 Å². The van der Waals surface area contributed by atoms with Crippen molar-refractivity contribution in [3.8, 4) is 0 Å². The van der Waals surface area contributed by atoms with Crippen molar-refractivity contribution in [1.82, 2.24) is 0 Å². The Morgan fingerprint density at radius 1 is 1.00 bits per heavy atom. The Hall–Kier alpha value is -3.20. The molecule has 0 saturated carbocycles. The molecule has 0 radical (unpaired) electrons. The van der Waals surface area contributed by atoms with Gasteiger partial charge in [0.1, 0.15) is 0 Å². The number of allylic oxidation sites excluding steroid dienone is 1. The van der Waals surface area contributed by atoms with E-state index in [-0.39, 0.29) is 11.9 Å². The van der Waals surface area contributed by atoms with Crippen molar-refractivity contribution < 1.29 is 9.53 Å². The quantitative estimate of drug-likeness (QED) is 0.480. The number of rotatable bonds is 8. The molecule has 3 heteroatoms. The fourth-order valence-electron chi connectivity index (χ4n) is 3.27. The molecule has 0 unspecified atom stereocenters. The van der Waals surface area contributed by atoms with Crippen LogP contribution in [0.2, 0.25) is 0 Å². The lowest BCUT2D eigenvalue weighted by Crippen LogP contribution is -2.40. The minimum absolute atomic E-state index is 0.179. The van der Waals surface area contributed by atoms with Crippen LogP contribution in [0.1, 0.15) is 24.0 Å². The number of ether oxygens (including phenoxy) is 1. The number of hydrogen-bond acceptors (Lipinski definition) is 3. The fourth-order valence-corrected chi connectivity index (χ4v) is 3.27. The zero-order valence-electron chi connectivity index (χ0n) is 15.3. The molecule has 0 fully saturated rings. The lowest BCUT2D eigenvalue weighted by Gasteiger charge is -2.27. The number of cyclic esters (lactones) is 1. The van der Waals surface area contributed by atoms with E-state index >= 15 is 0 Å². The van der Waals surface area contributed by atoms with E-state index in [4.69, 9.17) is 9.73 Å². The number of carbonyl (C=O) groups excluding carboxylic acids is 1. The topological polar surface area (TPSA) is 38.7 Å². The molecule has 0 aromatic heterocycles. The first-order valence-corrected chi connectivity index (χ1v) is 9.02. The molecule has 2 aromatic rings. The van der Waals surface area contributed by atoms with Gasteiger partial charge in [0, 0.05) is 17.9 Å². The molecule has 136 valence electrons. The highest BCUT2D eigenvalue weighted by molar-refractivity contribution is 6.08. The number of carbonyl (C=O) groups is 1. The van der Waals surface area contributed by atoms with Crippen LogP contribution in [-0.4, -0.2) is 17.4 Å². The first-order valence-electron chi connectivity index (χ1n) is 9.02. The number of esters is 1. The molecule has 3 nitrogen and oxygen atoms in total. The summed E-state index contributed by atoms with van der Waals surface area (Å²) in [6.07, 6.45) is 8.60. The van der Waals surface area contributed by atoms with Gasteiger partial charge in [0.05, 0.1) is 0 Å². The third kappa shape index (κ3) is 3.98. The lowest BCUT2D eigenvalue weighted by molar-refractivity contribution is -0.140. The Balaban J connectivity index is 2.00. The molecule has 1 aliphatic rings. The predicted octanol–water partition coefficient (Wildman–Crippen LogP) is 5.21. The second-order valence-corrected chi connectivity index (χ2v) is 6.49. The highest BCUT2D eigenvalue weighted by atomic mass is 16.6. The third-order valence-corrected chi connectivity index (χ3v) is 4.67. The summed E-state index contributed by atoms with van der Waals surface area (Å²) < 4.78 is 5.59. The summed E-state index contributed by atoms with van der Waals surface area (Å²) in [4.78, 5) is 17.7. The van der Waals surface area contributed by atoms with Gasteiger partial charge in [0.25, 0.3) is 0 Å². The molecule has 27 heavy (non-hydrogen) atoms. The van der Waals surface area contributed by atoms with Crippen molar-refractivity contribution in [2.45, 2.75) is 18.4 Å². The van der Waals surface area contributed by atoms with E-state index in [2.05, 4.69) is 13.2 Å². The molecular weight excluding hydrogens is 334 g/mol. The van der Waals surface area contributed by atoms with Crippen LogP contribution in [0.25, 0.3) is 6.08 Å². The maximum atomic E-state index is 12.9. The Bertz CT molecular complexity index is 868. The number of hydrogen-bond donors (Lipinski definition) is 0. The predicted molar refractivity (Wildman–Crippen MR) is 110 cm³/mol. The van der Waals surface area contributed by atoms with Gasteiger partial charge in [-0.25, -0.2) is 9.79 Å². The molecule has 3 rings (SSSR count). The largest absolute Gasteiger partial charge is 0.405 e. The van der Waals surface area contributed by atoms with E-state index < -0.39 is 5.54 Å². The number of benzene rings is 2. The highest BCUT2D eigenvalue weighted by Crippen LogP contribution is 2.37. The Labute approximate surface area is 160 Å². The maximum absolute atomic E-state index is 12.9. The average Bonchev–Trinajstić information content (AvgIpc) is 3.04. The van der Waals surface area contributed by atoms with Gasteiger partial charge >= 0.3 is 5.97 Å². The minimum atomic E-state index is -1.02. The van der Waals surface area contributed by atoms with Gasteiger partial charge in [-0.05, 0) is 24.1 Å². The summed E-state index contributed by atoms with van der Waals surface area (Å²) >= 11 is 0.